The molecule has 1 N–H and O–H groups in total. The van der Waals surface area contributed by atoms with E-state index in [1.807, 2.05) is 7.05 Å². The molecule has 92 valence electrons. The van der Waals surface area contributed by atoms with Gasteiger partial charge in [0.2, 0.25) is 0 Å². The first-order valence-electron chi connectivity index (χ1n) is 6.11. The Morgan fingerprint density at radius 3 is 2.75 bits per heavy atom. The quantitative estimate of drug-likeness (QED) is 0.755. The van der Waals surface area contributed by atoms with E-state index in [0.29, 0.717) is 12.1 Å². The first-order valence-corrected chi connectivity index (χ1v) is 7.06. The Hall–Kier alpha value is -0.380. The molecule has 2 nitrogen and oxygen atoms in total. The highest BCUT2D eigenvalue weighted by Gasteiger charge is 2.18. The number of rotatable bonds is 8. The highest BCUT2D eigenvalue weighted by molar-refractivity contribution is 7.07. The van der Waals surface area contributed by atoms with Gasteiger partial charge in [0, 0.05) is 12.6 Å². The number of nitrogens with one attached hydrogen (secondary N) is 1. The van der Waals surface area contributed by atoms with Crippen LogP contribution in [0.5, 0.6) is 0 Å². The molecule has 1 heterocycles. The van der Waals surface area contributed by atoms with Gasteiger partial charge in [0.05, 0.1) is 6.10 Å². The summed E-state index contributed by atoms with van der Waals surface area (Å²) in [7, 11) is 2.03. The van der Waals surface area contributed by atoms with E-state index in [9.17, 15) is 0 Å². The Labute approximate surface area is 103 Å². The SMILES string of the molecule is CCOC(CC)C(CCc1ccsc1)NC. The smallest absolute Gasteiger partial charge is 0.0725 e. The Kier molecular flexibility index (Phi) is 6.69. The molecule has 0 amide bonds. The second-order valence-electron chi connectivity index (χ2n) is 3.97. The summed E-state index contributed by atoms with van der Waals surface area (Å²) in [6.45, 7) is 5.05. The zero-order chi connectivity index (χ0) is 11.8. The number of hydrogen-bond acceptors (Lipinski definition) is 3. The zero-order valence-corrected chi connectivity index (χ0v) is 11.3. The van der Waals surface area contributed by atoms with Gasteiger partial charge in [-0.25, -0.2) is 0 Å². The molecule has 0 saturated carbocycles. The second-order valence-corrected chi connectivity index (χ2v) is 4.75. The van der Waals surface area contributed by atoms with Crippen molar-refractivity contribution in [1.82, 2.24) is 5.32 Å². The summed E-state index contributed by atoms with van der Waals surface area (Å²) in [5.74, 6) is 0. The summed E-state index contributed by atoms with van der Waals surface area (Å²) in [5.41, 5.74) is 1.44. The molecule has 0 aliphatic carbocycles. The molecular weight excluding hydrogens is 218 g/mol. The van der Waals surface area contributed by atoms with Gasteiger partial charge in [-0.15, -0.1) is 0 Å². The van der Waals surface area contributed by atoms with Gasteiger partial charge in [-0.05, 0) is 55.6 Å². The standard InChI is InChI=1S/C13H23NOS/c1-4-13(15-5-2)12(14-3)7-6-11-8-9-16-10-11/h8-10,12-14H,4-7H2,1-3H3. The summed E-state index contributed by atoms with van der Waals surface area (Å²) in [5, 5.41) is 7.75. The highest BCUT2D eigenvalue weighted by Crippen LogP contribution is 2.14. The number of aryl methyl sites for hydroxylation is 1. The minimum atomic E-state index is 0.341. The van der Waals surface area contributed by atoms with E-state index in [0.717, 1.165) is 25.9 Å². The third-order valence-electron chi connectivity index (χ3n) is 2.93. The van der Waals surface area contributed by atoms with Crippen LogP contribution in [0, 0.1) is 0 Å². The summed E-state index contributed by atoms with van der Waals surface area (Å²) in [4.78, 5) is 0. The molecular formula is C13H23NOS. The lowest BCUT2D eigenvalue weighted by Crippen LogP contribution is -2.39. The minimum Gasteiger partial charge on any atom is -0.377 e. The first kappa shape index (κ1) is 13.7. The van der Waals surface area contributed by atoms with E-state index in [-0.39, 0.29) is 0 Å². The van der Waals surface area contributed by atoms with Crippen molar-refractivity contribution < 1.29 is 4.74 Å². The monoisotopic (exact) mass is 241 g/mol. The van der Waals surface area contributed by atoms with Crippen molar-refractivity contribution in [3.8, 4) is 0 Å². The predicted molar refractivity (Wildman–Crippen MR) is 71.2 cm³/mol. The molecule has 0 bridgehead atoms. The molecule has 0 aromatic carbocycles. The summed E-state index contributed by atoms with van der Waals surface area (Å²) >= 11 is 1.77. The van der Waals surface area contributed by atoms with Crippen LogP contribution in [-0.4, -0.2) is 25.8 Å². The number of hydrogen-bond donors (Lipinski definition) is 1. The fourth-order valence-corrected chi connectivity index (χ4v) is 2.71. The Morgan fingerprint density at radius 2 is 2.25 bits per heavy atom. The predicted octanol–water partition coefficient (Wildman–Crippen LogP) is 3.08. The summed E-state index contributed by atoms with van der Waals surface area (Å²) < 4.78 is 5.75. The highest BCUT2D eigenvalue weighted by atomic mass is 32.1. The maximum atomic E-state index is 5.75. The normalized spacial score (nSPS) is 14.9. The van der Waals surface area contributed by atoms with Crippen molar-refractivity contribution in [1.29, 1.82) is 0 Å². The topological polar surface area (TPSA) is 21.3 Å². The Bertz CT molecular complexity index is 261. The first-order chi connectivity index (χ1) is 7.81. The van der Waals surface area contributed by atoms with E-state index in [1.165, 1.54) is 5.56 Å². The van der Waals surface area contributed by atoms with Crippen LogP contribution in [0.1, 0.15) is 32.3 Å². The van der Waals surface area contributed by atoms with Crippen LogP contribution in [0.15, 0.2) is 16.8 Å². The van der Waals surface area contributed by atoms with Crippen molar-refractivity contribution in [2.24, 2.45) is 0 Å². The third kappa shape index (κ3) is 4.24. The number of thiophene rings is 1. The Balaban J connectivity index is 2.40. The Morgan fingerprint density at radius 1 is 1.44 bits per heavy atom. The molecule has 1 aromatic heterocycles. The van der Waals surface area contributed by atoms with E-state index in [2.05, 4.69) is 36.0 Å². The number of likely N-dealkylation sites (N-methyl/N-ethyl adjacent to an activating group) is 1. The van der Waals surface area contributed by atoms with E-state index in [4.69, 9.17) is 4.74 Å². The lowest BCUT2D eigenvalue weighted by Gasteiger charge is -2.25. The maximum absolute atomic E-state index is 5.75. The lowest BCUT2D eigenvalue weighted by atomic mass is 10.0. The van der Waals surface area contributed by atoms with E-state index in [1.54, 1.807) is 11.3 Å². The largest absolute Gasteiger partial charge is 0.377 e. The van der Waals surface area contributed by atoms with E-state index >= 15 is 0 Å². The van der Waals surface area contributed by atoms with Crippen LogP contribution < -0.4 is 5.32 Å². The van der Waals surface area contributed by atoms with Crippen LogP contribution in [0.3, 0.4) is 0 Å². The van der Waals surface area contributed by atoms with Gasteiger partial charge in [-0.1, -0.05) is 6.92 Å². The molecule has 2 unspecified atom stereocenters. The van der Waals surface area contributed by atoms with Crippen LogP contribution in [0.25, 0.3) is 0 Å². The summed E-state index contributed by atoms with van der Waals surface area (Å²) in [6.07, 6.45) is 3.70. The second kappa shape index (κ2) is 7.82. The van der Waals surface area contributed by atoms with Gasteiger partial charge < -0.3 is 10.1 Å². The fraction of sp³-hybridized carbons (Fsp3) is 0.692. The average molecular weight is 241 g/mol. The van der Waals surface area contributed by atoms with E-state index < -0.39 is 0 Å². The van der Waals surface area contributed by atoms with Crippen molar-refractivity contribution in [2.45, 2.75) is 45.3 Å². The van der Waals surface area contributed by atoms with Gasteiger partial charge in [0.1, 0.15) is 0 Å². The molecule has 1 rings (SSSR count). The van der Waals surface area contributed by atoms with Crippen molar-refractivity contribution in [3.05, 3.63) is 22.4 Å². The lowest BCUT2D eigenvalue weighted by molar-refractivity contribution is 0.0317. The van der Waals surface area contributed by atoms with Crippen LogP contribution >= 0.6 is 11.3 Å². The van der Waals surface area contributed by atoms with Gasteiger partial charge in [-0.3, -0.25) is 0 Å². The summed E-state index contributed by atoms with van der Waals surface area (Å²) in [6, 6.07) is 2.67. The molecule has 0 spiro atoms. The van der Waals surface area contributed by atoms with Crippen molar-refractivity contribution in [2.75, 3.05) is 13.7 Å². The molecule has 0 radical (unpaired) electrons. The third-order valence-corrected chi connectivity index (χ3v) is 3.66. The molecule has 0 aliphatic heterocycles. The molecule has 0 aliphatic rings. The molecule has 0 saturated heterocycles. The van der Waals surface area contributed by atoms with Gasteiger partial charge in [-0.2, -0.15) is 11.3 Å². The maximum Gasteiger partial charge on any atom is 0.0725 e. The molecule has 16 heavy (non-hydrogen) atoms. The molecule has 1 aromatic rings. The van der Waals surface area contributed by atoms with Gasteiger partial charge >= 0.3 is 0 Å². The van der Waals surface area contributed by atoms with Crippen LogP contribution in [0.2, 0.25) is 0 Å². The van der Waals surface area contributed by atoms with Crippen molar-refractivity contribution >= 4 is 11.3 Å². The zero-order valence-electron chi connectivity index (χ0n) is 10.5. The molecule has 0 fully saturated rings. The van der Waals surface area contributed by atoms with Gasteiger partial charge in [0.25, 0.3) is 0 Å². The molecule has 3 heteroatoms. The van der Waals surface area contributed by atoms with Crippen LogP contribution in [-0.2, 0) is 11.2 Å². The van der Waals surface area contributed by atoms with Crippen LogP contribution in [0.4, 0.5) is 0 Å². The fourth-order valence-electron chi connectivity index (χ4n) is 2.01. The minimum absolute atomic E-state index is 0.341. The molecule has 2 atom stereocenters. The van der Waals surface area contributed by atoms with Gasteiger partial charge in [0.15, 0.2) is 0 Å². The average Bonchev–Trinajstić information content (AvgIpc) is 2.81. The van der Waals surface area contributed by atoms with Crippen molar-refractivity contribution in [3.63, 3.8) is 0 Å². The number of ether oxygens (including phenoxy) is 1.